The number of pyridine rings is 1. The molecule has 5 nitrogen and oxygen atoms in total. The largest absolute Gasteiger partial charge is 0.345 e. The number of hydrogen-bond donors (Lipinski definition) is 2. The van der Waals surface area contributed by atoms with Gasteiger partial charge in [0.05, 0.1) is 23.1 Å². The fourth-order valence-electron chi connectivity index (χ4n) is 2.59. The molecule has 2 aromatic heterocycles. The summed E-state index contributed by atoms with van der Waals surface area (Å²) in [4.78, 5) is 25.7. The highest BCUT2D eigenvalue weighted by atomic mass is 32.2. The van der Waals surface area contributed by atoms with E-state index in [1.54, 1.807) is 18.3 Å². The van der Waals surface area contributed by atoms with Gasteiger partial charge in [0.25, 0.3) is 5.91 Å². The number of benzene rings is 2. The molecule has 1 amide bonds. The van der Waals surface area contributed by atoms with Gasteiger partial charge in [-0.05, 0) is 36.4 Å². The molecule has 0 bridgehead atoms. The van der Waals surface area contributed by atoms with Gasteiger partial charge in [-0.25, -0.2) is 9.97 Å². The number of fused-ring (bicyclic) bond motifs is 1. The van der Waals surface area contributed by atoms with Crippen LogP contribution in [0.3, 0.4) is 0 Å². The Kier molecular flexibility index (Phi) is 4.66. The monoisotopic (exact) mass is 360 g/mol. The van der Waals surface area contributed by atoms with Crippen molar-refractivity contribution in [3.63, 3.8) is 0 Å². The Labute approximate surface area is 154 Å². The molecule has 2 aromatic carbocycles. The standard InChI is InChI=1S/C20H16N4OS/c25-19(22-13-18-23-16-10-4-5-11-17(16)24-18)15-9-6-12-21-20(15)26-14-7-2-1-3-8-14/h1-12H,13H2,(H,22,25)(H,23,24). The molecule has 0 aliphatic rings. The predicted molar refractivity (Wildman–Crippen MR) is 102 cm³/mol. The molecular formula is C20H16N4OS. The zero-order valence-corrected chi connectivity index (χ0v) is 14.7. The predicted octanol–water partition coefficient (Wildman–Crippen LogP) is 4.04. The van der Waals surface area contributed by atoms with Crippen LogP contribution in [0.4, 0.5) is 0 Å². The number of rotatable bonds is 5. The third-order valence-electron chi connectivity index (χ3n) is 3.83. The number of para-hydroxylation sites is 2. The number of H-pyrrole nitrogens is 1. The van der Waals surface area contributed by atoms with E-state index >= 15 is 0 Å². The van der Waals surface area contributed by atoms with Crippen molar-refractivity contribution in [3.05, 3.63) is 84.3 Å². The van der Waals surface area contributed by atoms with Crippen LogP contribution in [-0.2, 0) is 6.54 Å². The highest BCUT2D eigenvalue weighted by Gasteiger charge is 2.14. The van der Waals surface area contributed by atoms with Gasteiger partial charge in [0.2, 0.25) is 0 Å². The molecule has 6 heteroatoms. The van der Waals surface area contributed by atoms with Gasteiger partial charge in [-0.2, -0.15) is 0 Å². The van der Waals surface area contributed by atoms with Crippen molar-refractivity contribution < 1.29 is 4.79 Å². The van der Waals surface area contributed by atoms with Crippen molar-refractivity contribution in [1.82, 2.24) is 20.3 Å². The molecule has 0 unspecified atom stereocenters. The van der Waals surface area contributed by atoms with E-state index < -0.39 is 0 Å². The molecule has 0 saturated heterocycles. The van der Waals surface area contributed by atoms with Crippen molar-refractivity contribution >= 4 is 28.7 Å². The zero-order chi connectivity index (χ0) is 17.8. The number of aromatic amines is 1. The second-order valence-electron chi connectivity index (χ2n) is 5.65. The van der Waals surface area contributed by atoms with Crippen molar-refractivity contribution in [1.29, 1.82) is 0 Å². The van der Waals surface area contributed by atoms with Crippen LogP contribution in [-0.4, -0.2) is 20.9 Å². The summed E-state index contributed by atoms with van der Waals surface area (Å²) in [5, 5.41) is 3.60. The van der Waals surface area contributed by atoms with Gasteiger partial charge in [-0.3, -0.25) is 4.79 Å². The summed E-state index contributed by atoms with van der Waals surface area (Å²) in [5.74, 6) is 0.553. The molecule has 0 spiro atoms. The lowest BCUT2D eigenvalue weighted by Gasteiger charge is -2.08. The average Bonchev–Trinajstić information content (AvgIpc) is 3.10. The minimum Gasteiger partial charge on any atom is -0.345 e. The molecule has 2 N–H and O–H groups in total. The molecule has 4 aromatic rings. The molecule has 0 atom stereocenters. The van der Waals surface area contributed by atoms with Crippen molar-refractivity contribution in [2.45, 2.75) is 16.5 Å². The van der Waals surface area contributed by atoms with Gasteiger partial charge in [0.15, 0.2) is 0 Å². The normalized spacial score (nSPS) is 10.8. The molecule has 4 rings (SSSR count). The molecule has 0 radical (unpaired) electrons. The topological polar surface area (TPSA) is 70.7 Å². The van der Waals surface area contributed by atoms with E-state index in [2.05, 4.69) is 20.3 Å². The molecule has 128 valence electrons. The highest BCUT2D eigenvalue weighted by molar-refractivity contribution is 7.99. The van der Waals surface area contributed by atoms with Crippen LogP contribution in [0.1, 0.15) is 16.2 Å². The smallest absolute Gasteiger partial charge is 0.254 e. The number of nitrogens with zero attached hydrogens (tertiary/aromatic N) is 2. The van der Waals surface area contributed by atoms with E-state index in [0.29, 0.717) is 17.1 Å². The molecular weight excluding hydrogens is 344 g/mol. The van der Waals surface area contributed by atoms with Crippen LogP contribution in [0.5, 0.6) is 0 Å². The number of nitrogens with one attached hydrogen (secondary N) is 2. The molecule has 0 aliphatic carbocycles. The molecule has 26 heavy (non-hydrogen) atoms. The third kappa shape index (κ3) is 3.60. The van der Waals surface area contributed by atoms with Crippen LogP contribution in [0.25, 0.3) is 11.0 Å². The molecule has 0 aliphatic heterocycles. The van der Waals surface area contributed by atoms with Gasteiger partial charge in [0, 0.05) is 11.1 Å². The fraction of sp³-hybridized carbons (Fsp3) is 0.0500. The number of amides is 1. The lowest BCUT2D eigenvalue weighted by atomic mass is 10.2. The van der Waals surface area contributed by atoms with Gasteiger partial charge >= 0.3 is 0 Å². The number of hydrogen-bond acceptors (Lipinski definition) is 4. The molecule has 0 fully saturated rings. The van der Waals surface area contributed by atoms with Crippen LogP contribution in [0.15, 0.2) is 82.8 Å². The molecule has 0 saturated carbocycles. The Morgan fingerprint density at radius 1 is 1.00 bits per heavy atom. The van der Waals surface area contributed by atoms with Crippen molar-refractivity contribution in [2.75, 3.05) is 0 Å². The lowest BCUT2D eigenvalue weighted by molar-refractivity contribution is 0.0946. The SMILES string of the molecule is O=C(NCc1nc2ccccc2[nH]1)c1cccnc1Sc1ccccc1. The first-order valence-corrected chi connectivity index (χ1v) is 9.01. The minimum absolute atomic E-state index is 0.169. The quantitative estimate of drug-likeness (QED) is 0.563. The van der Waals surface area contributed by atoms with Gasteiger partial charge in [-0.15, -0.1) is 0 Å². The first kappa shape index (κ1) is 16.4. The first-order chi connectivity index (χ1) is 12.8. The van der Waals surface area contributed by atoms with Crippen LogP contribution >= 0.6 is 11.8 Å². The summed E-state index contributed by atoms with van der Waals surface area (Å²) in [6.45, 7) is 0.331. The second-order valence-corrected chi connectivity index (χ2v) is 6.72. The van der Waals surface area contributed by atoms with Crippen LogP contribution in [0.2, 0.25) is 0 Å². The van der Waals surface area contributed by atoms with Gasteiger partial charge in [-0.1, -0.05) is 42.1 Å². The molecule has 2 heterocycles. The maximum Gasteiger partial charge on any atom is 0.254 e. The summed E-state index contributed by atoms with van der Waals surface area (Å²) < 4.78 is 0. The van der Waals surface area contributed by atoms with Crippen LogP contribution in [0, 0.1) is 0 Å². The zero-order valence-electron chi connectivity index (χ0n) is 13.8. The summed E-state index contributed by atoms with van der Waals surface area (Å²) in [7, 11) is 0. The van der Waals surface area contributed by atoms with E-state index in [4.69, 9.17) is 0 Å². The summed E-state index contributed by atoms with van der Waals surface area (Å²) in [6, 6.07) is 21.2. The Morgan fingerprint density at radius 2 is 1.81 bits per heavy atom. The maximum absolute atomic E-state index is 12.6. The number of aromatic nitrogens is 3. The van der Waals surface area contributed by atoms with E-state index in [9.17, 15) is 4.79 Å². The number of imidazole rings is 1. The van der Waals surface area contributed by atoms with Crippen molar-refractivity contribution in [2.24, 2.45) is 0 Å². The Morgan fingerprint density at radius 3 is 2.65 bits per heavy atom. The fourth-order valence-corrected chi connectivity index (χ4v) is 3.49. The van der Waals surface area contributed by atoms with Gasteiger partial charge < -0.3 is 10.3 Å². The maximum atomic E-state index is 12.6. The van der Waals surface area contributed by atoms with Gasteiger partial charge in [0.1, 0.15) is 10.9 Å². The van der Waals surface area contributed by atoms with Crippen molar-refractivity contribution in [3.8, 4) is 0 Å². The van der Waals surface area contributed by atoms with E-state index in [1.165, 1.54) is 11.8 Å². The average molecular weight is 360 g/mol. The number of carbonyl (C=O) groups is 1. The Hall–Kier alpha value is -3.12. The second kappa shape index (κ2) is 7.41. The minimum atomic E-state index is -0.169. The summed E-state index contributed by atoms with van der Waals surface area (Å²) in [5.41, 5.74) is 2.40. The van der Waals surface area contributed by atoms with E-state index in [1.807, 2.05) is 54.6 Å². The third-order valence-corrected chi connectivity index (χ3v) is 4.85. The lowest BCUT2D eigenvalue weighted by Crippen LogP contribution is -2.24. The van der Waals surface area contributed by atoms with Crippen LogP contribution < -0.4 is 5.32 Å². The number of carbonyl (C=O) groups excluding carboxylic acids is 1. The Balaban J connectivity index is 1.49. The van der Waals surface area contributed by atoms with E-state index in [-0.39, 0.29) is 5.91 Å². The summed E-state index contributed by atoms with van der Waals surface area (Å²) >= 11 is 1.47. The highest BCUT2D eigenvalue weighted by Crippen LogP contribution is 2.28. The van der Waals surface area contributed by atoms with E-state index in [0.717, 1.165) is 21.8 Å². The summed E-state index contributed by atoms with van der Waals surface area (Å²) in [6.07, 6.45) is 1.70. The first-order valence-electron chi connectivity index (χ1n) is 8.19. The Bertz CT molecular complexity index is 1010.